The third kappa shape index (κ3) is 3.77. The first-order valence-corrected chi connectivity index (χ1v) is 9.23. The molecule has 3 heterocycles. The minimum atomic E-state index is -0.0676. The molecule has 0 radical (unpaired) electrons. The maximum atomic E-state index is 12.7. The second-order valence-electron chi connectivity index (χ2n) is 6.97. The van der Waals surface area contributed by atoms with Crippen LogP contribution < -0.4 is 0 Å². The van der Waals surface area contributed by atoms with E-state index in [9.17, 15) is 4.79 Å². The Morgan fingerprint density at radius 2 is 2.11 bits per heavy atom. The van der Waals surface area contributed by atoms with Gasteiger partial charge in [-0.05, 0) is 31.5 Å². The lowest BCUT2D eigenvalue weighted by atomic mass is 9.97. The predicted octanol–water partition coefficient (Wildman–Crippen LogP) is 3.80. The van der Waals surface area contributed by atoms with Crippen molar-refractivity contribution < 1.29 is 4.79 Å². The van der Waals surface area contributed by atoms with Crippen molar-refractivity contribution >= 4 is 17.6 Å². The van der Waals surface area contributed by atoms with Crippen molar-refractivity contribution in [3.05, 3.63) is 76.8 Å². The summed E-state index contributed by atoms with van der Waals surface area (Å²) in [6, 6.07) is 7.43. The predicted molar refractivity (Wildman–Crippen MR) is 110 cm³/mol. The highest BCUT2D eigenvalue weighted by Gasteiger charge is 2.15. The summed E-state index contributed by atoms with van der Waals surface area (Å²) in [5.74, 6) is 6.39. The van der Waals surface area contributed by atoms with Gasteiger partial charge < -0.3 is 0 Å². The molecule has 28 heavy (non-hydrogen) atoms. The Balaban J connectivity index is 1.59. The molecule has 2 aromatic heterocycles. The van der Waals surface area contributed by atoms with Crippen LogP contribution in [0.1, 0.15) is 46.8 Å². The number of ketones is 1. The molecule has 0 spiro atoms. The number of allylic oxidation sites excluding steroid dienone is 1. The van der Waals surface area contributed by atoms with Crippen molar-refractivity contribution in [1.29, 1.82) is 0 Å². The number of benzene rings is 1. The quantitative estimate of drug-likeness (QED) is 0.401. The average molecular weight is 368 g/mol. The van der Waals surface area contributed by atoms with Crippen molar-refractivity contribution in [3.8, 4) is 11.8 Å². The van der Waals surface area contributed by atoms with Gasteiger partial charge in [0.05, 0.1) is 17.8 Å². The van der Waals surface area contributed by atoms with E-state index in [1.165, 1.54) is 5.57 Å². The molecule has 0 fully saturated rings. The molecular formula is C23H20N4O. The van der Waals surface area contributed by atoms with E-state index in [-0.39, 0.29) is 11.8 Å². The number of carbonyl (C=O) groups is 1. The molecule has 0 aliphatic carbocycles. The number of Topliss-reactive ketones (excluding diaryl/α,β-unsaturated/α-hetero) is 1. The van der Waals surface area contributed by atoms with Crippen LogP contribution >= 0.6 is 0 Å². The molecule has 5 heteroatoms. The molecule has 1 atom stereocenters. The lowest BCUT2D eigenvalue weighted by Crippen LogP contribution is -2.13. The van der Waals surface area contributed by atoms with Crippen LogP contribution in [0.5, 0.6) is 0 Å². The molecule has 0 bridgehead atoms. The molecule has 1 aliphatic rings. The highest BCUT2D eigenvalue weighted by Crippen LogP contribution is 2.17. The van der Waals surface area contributed by atoms with Crippen LogP contribution in [-0.4, -0.2) is 32.6 Å². The van der Waals surface area contributed by atoms with Gasteiger partial charge in [-0.25, -0.2) is 9.50 Å². The Bertz CT molecular complexity index is 1170. The van der Waals surface area contributed by atoms with Crippen LogP contribution in [0.4, 0.5) is 0 Å². The highest BCUT2D eigenvalue weighted by molar-refractivity contribution is 5.97. The first-order valence-electron chi connectivity index (χ1n) is 9.23. The molecule has 5 nitrogen and oxygen atoms in total. The van der Waals surface area contributed by atoms with E-state index in [0.29, 0.717) is 12.0 Å². The van der Waals surface area contributed by atoms with E-state index in [4.69, 9.17) is 0 Å². The summed E-state index contributed by atoms with van der Waals surface area (Å²) in [5.41, 5.74) is 5.26. The molecular weight excluding hydrogens is 348 g/mol. The Morgan fingerprint density at radius 3 is 2.96 bits per heavy atom. The number of hydrogen-bond donors (Lipinski definition) is 0. The number of dihydropyridines is 1. The monoisotopic (exact) mass is 368 g/mol. The number of hydrogen-bond acceptors (Lipinski definition) is 4. The van der Waals surface area contributed by atoms with E-state index < -0.39 is 0 Å². The number of fused-ring (bicyclic) bond motifs is 1. The van der Waals surface area contributed by atoms with E-state index in [1.54, 1.807) is 16.9 Å². The Labute approximate surface area is 163 Å². The van der Waals surface area contributed by atoms with Gasteiger partial charge in [0.2, 0.25) is 0 Å². The summed E-state index contributed by atoms with van der Waals surface area (Å²) in [4.78, 5) is 21.5. The number of aromatic nitrogens is 3. The number of nitrogens with zero attached hydrogens (tertiary/aromatic N) is 4. The first kappa shape index (κ1) is 17.9. The van der Waals surface area contributed by atoms with E-state index in [0.717, 1.165) is 28.8 Å². The highest BCUT2D eigenvalue weighted by atomic mass is 16.1. The van der Waals surface area contributed by atoms with Crippen molar-refractivity contribution in [2.45, 2.75) is 32.7 Å². The number of aryl methyl sites for hydroxylation is 1. The lowest BCUT2D eigenvalue weighted by Gasteiger charge is -2.13. The number of carbonyl (C=O) groups excluding carboxylic acids is 1. The molecule has 4 rings (SSSR count). The molecule has 1 aromatic carbocycles. The Hall–Kier alpha value is -3.52. The summed E-state index contributed by atoms with van der Waals surface area (Å²) >= 11 is 0. The summed E-state index contributed by atoms with van der Waals surface area (Å²) in [6.45, 7) is 4.06. The average Bonchev–Trinajstić information content (AvgIpc) is 3.10. The summed E-state index contributed by atoms with van der Waals surface area (Å²) < 4.78 is 1.69. The van der Waals surface area contributed by atoms with Crippen LogP contribution in [-0.2, 0) is 0 Å². The maximum Gasteiger partial charge on any atom is 0.170 e. The zero-order valence-corrected chi connectivity index (χ0v) is 15.9. The van der Waals surface area contributed by atoms with E-state index in [2.05, 4.69) is 39.9 Å². The zero-order chi connectivity index (χ0) is 19.5. The first-order chi connectivity index (χ1) is 13.6. The van der Waals surface area contributed by atoms with Crippen LogP contribution in [0.2, 0.25) is 0 Å². The molecule has 0 N–H and O–H groups in total. The van der Waals surface area contributed by atoms with Gasteiger partial charge in [0.1, 0.15) is 0 Å². The van der Waals surface area contributed by atoms with Crippen LogP contribution in [0.25, 0.3) is 5.65 Å². The fourth-order valence-electron chi connectivity index (χ4n) is 3.17. The largest absolute Gasteiger partial charge is 0.294 e. The van der Waals surface area contributed by atoms with E-state index >= 15 is 0 Å². The fraction of sp³-hybridized carbons (Fsp3) is 0.217. The molecule has 0 amide bonds. The third-order valence-electron chi connectivity index (χ3n) is 4.75. The Kier molecular flexibility index (Phi) is 4.86. The Morgan fingerprint density at radius 1 is 1.25 bits per heavy atom. The van der Waals surface area contributed by atoms with Gasteiger partial charge in [-0.15, -0.1) is 0 Å². The molecule has 1 aliphatic heterocycles. The number of aliphatic imine (C=N–C) groups is 1. The second-order valence-corrected chi connectivity index (χ2v) is 6.97. The van der Waals surface area contributed by atoms with Crippen LogP contribution in [0.3, 0.4) is 0 Å². The minimum Gasteiger partial charge on any atom is -0.294 e. The van der Waals surface area contributed by atoms with Gasteiger partial charge in [0, 0.05) is 42.6 Å². The van der Waals surface area contributed by atoms with Gasteiger partial charge in [0.25, 0.3) is 0 Å². The minimum absolute atomic E-state index is 0.0676. The normalized spacial score (nSPS) is 15.8. The van der Waals surface area contributed by atoms with Crippen molar-refractivity contribution in [3.63, 3.8) is 0 Å². The van der Waals surface area contributed by atoms with Gasteiger partial charge in [0.15, 0.2) is 11.4 Å². The van der Waals surface area contributed by atoms with E-state index in [1.807, 2.05) is 43.6 Å². The standard InChI is InChI=1S/C23H20N4O/c1-16-8-10-24-21(12-16)14-22(28)19-5-4-17(2)18(13-19)6-7-20-15-26-27-11-3-9-25-23(20)27/h3-5,9-13,15,21H,8,14H2,1-2H3. The lowest BCUT2D eigenvalue weighted by molar-refractivity contribution is 0.0979. The zero-order valence-electron chi connectivity index (χ0n) is 15.9. The summed E-state index contributed by atoms with van der Waals surface area (Å²) in [7, 11) is 0. The molecule has 1 unspecified atom stereocenters. The molecule has 0 saturated heterocycles. The van der Waals surface area contributed by atoms with Gasteiger partial charge >= 0.3 is 0 Å². The maximum absolute atomic E-state index is 12.7. The smallest absolute Gasteiger partial charge is 0.170 e. The molecule has 3 aromatic rings. The van der Waals surface area contributed by atoms with Gasteiger partial charge in [-0.1, -0.05) is 35.6 Å². The van der Waals surface area contributed by atoms with Crippen molar-refractivity contribution in [1.82, 2.24) is 14.6 Å². The van der Waals surface area contributed by atoms with Gasteiger partial charge in [-0.3, -0.25) is 9.79 Å². The molecule has 0 saturated carbocycles. The van der Waals surface area contributed by atoms with Crippen molar-refractivity contribution in [2.24, 2.45) is 4.99 Å². The van der Waals surface area contributed by atoms with Crippen LogP contribution in [0, 0.1) is 18.8 Å². The third-order valence-corrected chi connectivity index (χ3v) is 4.75. The topological polar surface area (TPSA) is 59.6 Å². The molecule has 138 valence electrons. The van der Waals surface area contributed by atoms with Crippen molar-refractivity contribution in [2.75, 3.05) is 0 Å². The van der Waals surface area contributed by atoms with Gasteiger partial charge in [-0.2, -0.15) is 5.10 Å². The second kappa shape index (κ2) is 7.61. The fourth-order valence-corrected chi connectivity index (χ4v) is 3.17. The summed E-state index contributed by atoms with van der Waals surface area (Å²) in [6.07, 6.45) is 10.5. The van der Waals surface area contributed by atoms with Crippen LogP contribution in [0.15, 0.2) is 59.5 Å². The SMILES string of the molecule is CC1=CC(CC(=O)c2ccc(C)c(C#Cc3cnn4cccnc34)c2)N=CC1. The summed E-state index contributed by atoms with van der Waals surface area (Å²) in [5, 5.41) is 4.25. The number of rotatable bonds is 3.